The van der Waals surface area contributed by atoms with Gasteiger partial charge in [-0.05, 0) is 18.2 Å². The van der Waals surface area contributed by atoms with Crippen LogP contribution in [0, 0.1) is 0 Å². The van der Waals surface area contributed by atoms with Gasteiger partial charge in [0.2, 0.25) is 5.82 Å². The molecule has 0 atom stereocenters. The maximum absolute atomic E-state index is 12.2. The molecule has 0 unspecified atom stereocenters. The van der Waals surface area contributed by atoms with Gasteiger partial charge in [0.1, 0.15) is 12.1 Å². The van der Waals surface area contributed by atoms with E-state index in [1.54, 1.807) is 12.1 Å². The molecule has 0 fully saturated rings. The van der Waals surface area contributed by atoms with E-state index in [9.17, 15) is 8.78 Å². The Morgan fingerprint density at radius 1 is 1.30 bits per heavy atom. The van der Waals surface area contributed by atoms with Crippen molar-refractivity contribution in [1.29, 1.82) is 0 Å². The number of nitrogens with zero attached hydrogens (tertiary/aromatic N) is 4. The zero-order chi connectivity index (χ0) is 13.9. The van der Waals surface area contributed by atoms with E-state index in [0.717, 1.165) is 0 Å². The second-order valence-electron chi connectivity index (χ2n) is 3.66. The van der Waals surface area contributed by atoms with E-state index < -0.39 is 6.61 Å². The van der Waals surface area contributed by atoms with E-state index in [1.807, 2.05) is 0 Å². The Morgan fingerprint density at radius 2 is 2.20 bits per heavy atom. The van der Waals surface area contributed by atoms with Gasteiger partial charge in [-0.25, -0.2) is 4.98 Å². The van der Waals surface area contributed by atoms with E-state index in [-0.39, 0.29) is 17.5 Å². The van der Waals surface area contributed by atoms with Crippen molar-refractivity contribution in [2.24, 2.45) is 0 Å². The van der Waals surface area contributed by atoms with Crippen LogP contribution in [0.5, 0.6) is 5.75 Å². The monoisotopic (exact) mass is 279 g/mol. The molecule has 0 amide bonds. The molecule has 0 aliphatic carbocycles. The second-order valence-corrected chi connectivity index (χ2v) is 3.66. The zero-order valence-electron chi connectivity index (χ0n) is 9.83. The van der Waals surface area contributed by atoms with Gasteiger partial charge in [-0.3, -0.25) is 5.10 Å². The maximum atomic E-state index is 12.2. The molecule has 2 heterocycles. The Hall–Kier alpha value is -2.84. The summed E-state index contributed by atoms with van der Waals surface area (Å²) in [6.45, 7) is -2.89. The highest BCUT2D eigenvalue weighted by atomic mass is 19.3. The molecule has 0 spiro atoms. The Morgan fingerprint density at radius 3 is 2.95 bits per heavy atom. The van der Waals surface area contributed by atoms with Crippen LogP contribution in [0.4, 0.5) is 8.78 Å². The number of halogens is 2. The number of alkyl halides is 2. The summed E-state index contributed by atoms with van der Waals surface area (Å²) in [6, 6.07) is 5.97. The van der Waals surface area contributed by atoms with Crippen molar-refractivity contribution in [3.63, 3.8) is 0 Å². The van der Waals surface area contributed by atoms with Crippen molar-refractivity contribution >= 4 is 0 Å². The minimum atomic E-state index is -2.89. The highest BCUT2D eigenvalue weighted by Crippen LogP contribution is 2.24. The van der Waals surface area contributed by atoms with Crippen molar-refractivity contribution in [2.75, 3.05) is 0 Å². The van der Waals surface area contributed by atoms with Crippen LogP contribution >= 0.6 is 0 Å². The first-order valence-corrected chi connectivity index (χ1v) is 5.47. The van der Waals surface area contributed by atoms with Crippen LogP contribution in [0.15, 0.2) is 35.1 Å². The van der Waals surface area contributed by atoms with E-state index in [2.05, 4.69) is 30.1 Å². The summed E-state index contributed by atoms with van der Waals surface area (Å²) in [4.78, 5) is 7.96. The van der Waals surface area contributed by atoms with Crippen LogP contribution in [-0.2, 0) is 0 Å². The molecule has 2 aromatic heterocycles. The van der Waals surface area contributed by atoms with Crippen LogP contribution < -0.4 is 4.74 Å². The van der Waals surface area contributed by atoms with Gasteiger partial charge in [-0.2, -0.15) is 18.9 Å². The number of aromatic nitrogens is 5. The largest absolute Gasteiger partial charge is 0.435 e. The summed E-state index contributed by atoms with van der Waals surface area (Å²) >= 11 is 0. The molecular formula is C11H7F2N5O2. The smallest absolute Gasteiger partial charge is 0.387 e. The van der Waals surface area contributed by atoms with Crippen LogP contribution in [0.2, 0.25) is 0 Å². The van der Waals surface area contributed by atoms with Crippen molar-refractivity contribution in [3.05, 3.63) is 30.6 Å². The Balaban J connectivity index is 1.89. The minimum absolute atomic E-state index is 0.0110. The quantitative estimate of drug-likeness (QED) is 0.786. The first-order chi connectivity index (χ1) is 9.72. The highest BCUT2D eigenvalue weighted by molar-refractivity contribution is 5.57. The fourth-order valence-electron chi connectivity index (χ4n) is 1.56. The lowest BCUT2D eigenvalue weighted by atomic mass is 10.2. The van der Waals surface area contributed by atoms with Crippen LogP contribution in [0.3, 0.4) is 0 Å². The lowest BCUT2D eigenvalue weighted by Gasteiger charge is -2.04. The van der Waals surface area contributed by atoms with Gasteiger partial charge in [-0.15, -0.1) is 0 Å². The molecule has 9 heteroatoms. The van der Waals surface area contributed by atoms with E-state index in [1.165, 1.54) is 18.5 Å². The van der Waals surface area contributed by atoms with Gasteiger partial charge < -0.3 is 9.26 Å². The van der Waals surface area contributed by atoms with E-state index >= 15 is 0 Å². The van der Waals surface area contributed by atoms with Gasteiger partial charge >= 0.3 is 6.61 Å². The normalized spacial score (nSPS) is 10.9. The molecule has 0 bridgehead atoms. The molecule has 3 aromatic rings. The van der Waals surface area contributed by atoms with Gasteiger partial charge in [0, 0.05) is 5.56 Å². The lowest BCUT2D eigenvalue weighted by molar-refractivity contribution is -0.0498. The summed E-state index contributed by atoms with van der Waals surface area (Å²) in [5.41, 5.74) is 0.460. The zero-order valence-corrected chi connectivity index (χ0v) is 9.83. The molecule has 0 aliphatic heterocycles. The third-order valence-corrected chi connectivity index (χ3v) is 2.36. The summed E-state index contributed by atoms with van der Waals surface area (Å²) < 4.78 is 33.6. The fraction of sp³-hybridized carbons (Fsp3) is 0.0909. The second kappa shape index (κ2) is 5.03. The number of aromatic amines is 1. The molecule has 1 N–H and O–H groups in total. The molecule has 0 saturated heterocycles. The Labute approximate surface area is 110 Å². The van der Waals surface area contributed by atoms with Crippen molar-refractivity contribution in [1.82, 2.24) is 25.3 Å². The molecule has 7 nitrogen and oxygen atoms in total. The molecule has 20 heavy (non-hydrogen) atoms. The third kappa shape index (κ3) is 2.46. The first kappa shape index (κ1) is 12.2. The predicted molar refractivity (Wildman–Crippen MR) is 61.7 cm³/mol. The molecule has 1 aromatic carbocycles. The molecule has 3 rings (SSSR count). The van der Waals surface area contributed by atoms with E-state index in [4.69, 9.17) is 4.52 Å². The van der Waals surface area contributed by atoms with Crippen molar-refractivity contribution in [3.8, 4) is 28.9 Å². The highest BCUT2D eigenvalue weighted by Gasteiger charge is 2.13. The SMILES string of the molecule is FC(F)Oc1cccc(-c2nc(-c3ncn[nH]3)no2)c1. The minimum Gasteiger partial charge on any atom is -0.435 e. The maximum Gasteiger partial charge on any atom is 0.387 e. The Bertz CT molecular complexity index is 698. The van der Waals surface area contributed by atoms with Gasteiger partial charge in [-0.1, -0.05) is 11.2 Å². The van der Waals surface area contributed by atoms with Crippen molar-refractivity contribution < 1.29 is 18.0 Å². The number of hydrogen-bond donors (Lipinski definition) is 1. The summed E-state index contributed by atoms with van der Waals surface area (Å²) in [6.07, 6.45) is 1.31. The number of ether oxygens (including phenoxy) is 1. The molecule has 102 valence electrons. The summed E-state index contributed by atoms with van der Waals surface area (Å²) in [5.74, 6) is 0.741. The molecule has 0 saturated carbocycles. The lowest BCUT2D eigenvalue weighted by Crippen LogP contribution is -2.01. The number of benzene rings is 1. The summed E-state index contributed by atoms with van der Waals surface area (Å²) in [5, 5.41) is 9.97. The number of nitrogens with one attached hydrogen (secondary N) is 1. The number of rotatable bonds is 4. The van der Waals surface area contributed by atoms with Gasteiger partial charge in [0.05, 0.1) is 0 Å². The molecular weight excluding hydrogens is 272 g/mol. The van der Waals surface area contributed by atoms with Crippen LogP contribution in [0.25, 0.3) is 23.1 Å². The molecule has 0 aliphatic rings. The van der Waals surface area contributed by atoms with Crippen LogP contribution in [0.1, 0.15) is 0 Å². The first-order valence-electron chi connectivity index (χ1n) is 5.47. The molecule has 0 radical (unpaired) electrons. The predicted octanol–water partition coefficient (Wildman–Crippen LogP) is 2.12. The van der Waals surface area contributed by atoms with Gasteiger partial charge in [0.15, 0.2) is 5.82 Å². The van der Waals surface area contributed by atoms with Crippen LogP contribution in [-0.4, -0.2) is 31.9 Å². The number of hydrogen-bond acceptors (Lipinski definition) is 6. The topological polar surface area (TPSA) is 89.7 Å². The third-order valence-electron chi connectivity index (χ3n) is 2.36. The standard InChI is InChI=1S/C11H7F2N5O2/c12-11(13)19-7-3-1-2-6(4-7)10-16-9(18-20-10)8-14-5-15-17-8/h1-5,11H,(H,14,15,17). The van der Waals surface area contributed by atoms with E-state index in [0.29, 0.717) is 11.4 Å². The average molecular weight is 279 g/mol. The average Bonchev–Trinajstić information content (AvgIpc) is 3.09. The number of H-pyrrole nitrogens is 1. The summed E-state index contributed by atoms with van der Waals surface area (Å²) in [7, 11) is 0. The fourth-order valence-corrected chi connectivity index (χ4v) is 1.56. The Kier molecular flexibility index (Phi) is 3.07. The van der Waals surface area contributed by atoms with Gasteiger partial charge in [0.25, 0.3) is 5.89 Å². The van der Waals surface area contributed by atoms with Crippen molar-refractivity contribution in [2.45, 2.75) is 6.61 Å².